The molecule has 3 N–H and O–H groups in total. The summed E-state index contributed by atoms with van der Waals surface area (Å²) in [6, 6.07) is 22.6. The first kappa shape index (κ1) is 20.7. The van der Waals surface area contributed by atoms with Crippen molar-refractivity contribution in [2.24, 2.45) is 0 Å². The summed E-state index contributed by atoms with van der Waals surface area (Å²) in [6.45, 7) is 3.66. The van der Waals surface area contributed by atoms with Gasteiger partial charge in [-0.15, -0.1) is 0 Å². The third-order valence-corrected chi connectivity index (χ3v) is 6.54. The molecule has 1 aliphatic heterocycles. The van der Waals surface area contributed by atoms with Gasteiger partial charge in [0.05, 0.1) is 11.0 Å². The average molecular weight is 446 g/mol. The van der Waals surface area contributed by atoms with Gasteiger partial charge in [-0.25, -0.2) is 4.79 Å². The minimum Gasteiger partial charge on any atom is -0.361 e. The van der Waals surface area contributed by atoms with E-state index in [1.807, 2.05) is 53.1 Å². The molecule has 0 aliphatic carbocycles. The number of H-pyrrole nitrogens is 1. The Labute approximate surface area is 192 Å². The van der Waals surface area contributed by atoms with Crippen molar-refractivity contribution < 1.29 is 0 Å². The van der Waals surface area contributed by atoms with Crippen LogP contribution in [-0.2, 0) is 0 Å². The van der Waals surface area contributed by atoms with Crippen LogP contribution in [0.2, 0.25) is 0 Å². The zero-order chi connectivity index (χ0) is 21.9. The van der Waals surface area contributed by atoms with Crippen LogP contribution in [0.15, 0.2) is 71.5 Å². The molecule has 0 saturated carbocycles. The molecule has 32 heavy (non-hydrogen) atoms. The van der Waals surface area contributed by atoms with E-state index in [0.29, 0.717) is 5.11 Å². The smallest absolute Gasteiger partial charge is 0.326 e. The fourth-order valence-corrected chi connectivity index (χ4v) is 4.88. The Hall–Kier alpha value is -3.16. The molecule has 0 atom stereocenters. The lowest BCUT2D eigenvalue weighted by Crippen LogP contribution is -2.41. The largest absolute Gasteiger partial charge is 0.361 e. The molecule has 2 heterocycles. The Balaban J connectivity index is 1.12. The SMILES string of the molecule is O=c1[nH]c2ccccc2n1C1CCN(CCNC(=S)Nc2cccc3ccccc23)CC1. The number of fused-ring (bicyclic) bond motifs is 2. The summed E-state index contributed by atoms with van der Waals surface area (Å²) < 4.78 is 1.94. The van der Waals surface area contributed by atoms with Gasteiger partial charge in [0.25, 0.3) is 0 Å². The number of aromatic nitrogens is 2. The lowest BCUT2D eigenvalue weighted by Gasteiger charge is -2.32. The van der Waals surface area contributed by atoms with Gasteiger partial charge in [0.2, 0.25) is 0 Å². The van der Waals surface area contributed by atoms with Crippen LogP contribution < -0.4 is 16.3 Å². The zero-order valence-corrected chi connectivity index (χ0v) is 18.7. The standard InChI is InChI=1S/C25H27N5OS/c31-25-28-22-9-3-4-11-23(22)30(25)19-12-15-29(16-13-19)17-14-26-24(32)27-21-10-5-7-18-6-1-2-8-20(18)21/h1-11,19H,12-17H2,(H,28,31)(H2,26,27,32). The highest BCUT2D eigenvalue weighted by molar-refractivity contribution is 7.80. The molecule has 5 rings (SSSR count). The van der Waals surface area contributed by atoms with Crippen LogP contribution in [0.3, 0.4) is 0 Å². The quantitative estimate of drug-likeness (QED) is 0.404. The fraction of sp³-hybridized carbons (Fsp3) is 0.280. The average Bonchev–Trinajstić information content (AvgIpc) is 3.15. The van der Waals surface area contributed by atoms with E-state index in [4.69, 9.17) is 12.2 Å². The van der Waals surface area contributed by atoms with Crippen LogP contribution in [-0.4, -0.2) is 45.7 Å². The molecule has 7 heteroatoms. The highest BCUT2D eigenvalue weighted by Gasteiger charge is 2.23. The van der Waals surface area contributed by atoms with Crippen molar-refractivity contribution in [1.82, 2.24) is 19.8 Å². The minimum absolute atomic E-state index is 0.00354. The predicted octanol–water partition coefficient (Wildman–Crippen LogP) is 4.11. The summed E-state index contributed by atoms with van der Waals surface area (Å²) in [5, 5.41) is 9.66. The molecule has 0 amide bonds. The first-order valence-electron chi connectivity index (χ1n) is 11.1. The number of likely N-dealkylation sites (tertiary alicyclic amines) is 1. The zero-order valence-electron chi connectivity index (χ0n) is 17.9. The Morgan fingerprint density at radius 3 is 2.62 bits per heavy atom. The molecule has 0 spiro atoms. The van der Waals surface area contributed by atoms with Gasteiger partial charge in [-0.05, 0) is 48.6 Å². The first-order chi connectivity index (χ1) is 15.7. The lowest BCUT2D eigenvalue weighted by molar-refractivity contribution is 0.189. The van der Waals surface area contributed by atoms with E-state index >= 15 is 0 Å². The monoisotopic (exact) mass is 445 g/mol. The van der Waals surface area contributed by atoms with Gasteiger partial charge in [0, 0.05) is 43.3 Å². The number of piperidine rings is 1. The normalized spacial score (nSPS) is 15.2. The Kier molecular flexibility index (Phi) is 5.92. The number of rotatable bonds is 5. The fourth-order valence-electron chi connectivity index (χ4n) is 4.67. The van der Waals surface area contributed by atoms with Crippen molar-refractivity contribution in [3.8, 4) is 0 Å². The summed E-state index contributed by atoms with van der Waals surface area (Å²) in [5.41, 5.74) is 2.93. The molecule has 1 fully saturated rings. The van der Waals surface area contributed by atoms with E-state index in [0.717, 1.165) is 61.1 Å². The molecule has 3 aromatic carbocycles. The van der Waals surface area contributed by atoms with Crippen molar-refractivity contribution >= 4 is 44.8 Å². The number of benzene rings is 3. The van der Waals surface area contributed by atoms with E-state index in [2.05, 4.69) is 38.7 Å². The number of nitrogens with one attached hydrogen (secondary N) is 3. The van der Waals surface area contributed by atoms with E-state index < -0.39 is 0 Å². The minimum atomic E-state index is -0.00354. The van der Waals surface area contributed by atoms with Crippen LogP contribution in [0.4, 0.5) is 5.69 Å². The van der Waals surface area contributed by atoms with Gasteiger partial charge < -0.3 is 20.5 Å². The molecule has 1 saturated heterocycles. The van der Waals surface area contributed by atoms with Gasteiger partial charge in [-0.3, -0.25) is 4.57 Å². The summed E-state index contributed by atoms with van der Waals surface area (Å²) in [7, 11) is 0. The second-order valence-corrected chi connectivity index (χ2v) is 8.71. The molecular formula is C25H27N5OS. The van der Waals surface area contributed by atoms with Crippen LogP contribution in [0, 0.1) is 0 Å². The highest BCUT2D eigenvalue weighted by Crippen LogP contribution is 2.25. The maximum atomic E-state index is 12.5. The number of para-hydroxylation sites is 2. The molecule has 0 radical (unpaired) electrons. The van der Waals surface area contributed by atoms with E-state index in [9.17, 15) is 4.79 Å². The predicted molar refractivity (Wildman–Crippen MR) is 135 cm³/mol. The molecule has 1 aliphatic rings. The van der Waals surface area contributed by atoms with Gasteiger partial charge in [0.15, 0.2) is 5.11 Å². The summed E-state index contributed by atoms with van der Waals surface area (Å²) in [4.78, 5) is 17.9. The molecule has 1 aromatic heterocycles. The number of nitrogens with zero attached hydrogens (tertiary/aromatic N) is 2. The first-order valence-corrected chi connectivity index (χ1v) is 11.5. The van der Waals surface area contributed by atoms with Crippen LogP contribution in [0.25, 0.3) is 21.8 Å². The van der Waals surface area contributed by atoms with Crippen molar-refractivity contribution in [3.63, 3.8) is 0 Å². The van der Waals surface area contributed by atoms with Crippen molar-refractivity contribution in [2.75, 3.05) is 31.5 Å². The van der Waals surface area contributed by atoms with Crippen LogP contribution >= 0.6 is 12.2 Å². The molecule has 164 valence electrons. The number of hydrogen-bond acceptors (Lipinski definition) is 3. The van der Waals surface area contributed by atoms with Crippen LogP contribution in [0.1, 0.15) is 18.9 Å². The maximum absolute atomic E-state index is 12.5. The molecule has 6 nitrogen and oxygen atoms in total. The van der Waals surface area contributed by atoms with Gasteiger partial charge in [0.1, 0.15) is 0 Å². The summed E-state index contributed by atoms with van der Waals surface area (Å²) in [5.74, 6) is 0. The van der Waals surface area contributed by atoms with E-state index in [-0.39, 0.29) is 11.7 Å². The number of aromatic amines is 1. The van der Waals surface area contributed by atoms with Crippen LogP contribution in [0.5, 0.6) is 0 Å². The maximum Gasteiger partial charge on any atom is 0.326 e. The number of imidazole rings is 1. The number of anilines is 1. The van der Waals surface area contributed by atoms with Gasteiger partial charge >= 0.3 is 5.69 Å². The third kappa shape index (κ3) is 4.26. The van der Waals surface area contributed by atoms with E-state index in [1.54, 1.807) is 0 Å². The molecule has 4 aromatic rings. The van der Waals surface area contributed by atoms with E-state index in [1.165, 1.54) is 5.39 Å². The summed E-state index contributed by atoms with van der Waals surface area (Å²) >= 11 is 5.52. The second kappa shape index (κ2) is 9.14. The number of thiocarbonyl (C=S) groups is 1. The Bertz CT molecular complexity index is 1300. The Morgan fingerprint density at radius 2 is 1.75 bits per heavy atom. The summed E-state index contributed by atoms with van der Waals surface area (Å²) in [6.07, 6.45) is 1.95. The second-order valence-electron chi connectivity index (χ2n) is 8.30. The Morgan fingerprint density at radius 1 is 1.00 bits per heavy atom. The third-order valence-electron chi connectivity index (χ3n) is 6.30. The van der Waals surface area contributed by atoms with Gasteiger partial charge in [-0.1, -0.05) is 48.5 Å². The topological polar surface area (TPSA) is 65.1 Å². The molecular weight excluding hydrogens is 418 g/mol. The lowest BCUT2D eigenvalue weighted by atomic mass is 10.0. The van der Waals surface area contributed by atoms with Crippen molar-refractivity contribution in [1.29, 1.82) is 0 Å². The van der Waals surface area contributed by atoms with Crippen molar-refractivity contribution in [3.05, 3.63) is 77.2 Å². The molecule has 0 unspecified atom stereocenters. The van der Waals surface area contributed by atoms with Gasteiger partial charge in [-0.2, -0.15) is 0 Å². The number of hydrogen-bond donors (Lipinski definition) is 3. The molecule has 0 bridgehead atoms. The van der Waals surface area contributed by atoms with Crippen molar-refractivity contribution in [2.45, 2.75) is 18.9 Å². The highest BCUT2D eigenvalue weighted by atomic mass is 32.1.